The summed E-state index contributed by atoms with van der Waals surface area (Å²) in [6.07, 6.45) is 2.82. The Balaban J connectivity index is 1.80. The molecule has 2 aromatic rings. The molecule has 0 bridgehead atoms. The minimum Gasteiger partial charge on any atom is -0.346 e. The summed E-state index contributed by atoms with van der Waals surface area (Å²) >= 11 is 0. The lowest BCUT2D eigenvalue weighted by Crippen LogP contribution is -2.35. The molecule has 6 heteroatoms. The lowest BCUT2D eigenvalue weighted by atomic mass is 9.96. The molecule has 1 aliphatic rings. The summed E-state index contributed by atoms with van der Waals surface area (Å²) in [5, 5.41) is 3.01. The number of nitrogens with zero attached hydrogens (tertiary/aromatic N) is 1. The Morgan fingerprint density at radius 3 is 2.31 bits per heavy atom. The maximum Gasteiger partial charge on any atom is 0.251 e. The largest absolute Gasteiger partial charge is 0.346 e. The minimum atomic E-state index is -3.56. The predicted molar refractivity (Wildman–Crippen MR) is 116 cm³/mol. The van der Waals surface area contributed by atoms with Gasteiger partial charge in [0.2, 0.25) is 10.0 Å². The van der Waals surface area contributed by atoms with Crippen molar-refractivity contribution in [1.82, 2.24) is 9.62 Å². The maximum absolute atomic E-state index is 12.9. The van der Waals surface area contributed by atoms with Crippen LogP contribution >= 0.6 is 0 Å². The summed E-state index contributed by atoms with van der Waals surface area (Å²) in [7, 11) is -3.56. The topological polar surface area (TPSA) is 66.5 Å². The summed E-state index contributed by atoms with van der Waals surface area (Å²) in [5.74, 6) is -0.272. The maximum atomic E-state index is 12.9. The molecule has 3 rings (SSSR count). The highest BCUT2D eigenvalue weighted by Crippen LogP contribution is 2.24. The van der Waals surface area contributed by atoms with Crippen LogP contribution in [0.3, 0.4) is 0 Å². The van der Waals surface area contributed by atoms with Gasteiger partial charge >= 0.3 is 0 Å². The molecule has 0 aliphatic carbocycles. The molecule has 1 saturated heterocycles. The summed E-state index contributed by atoms with van der Waals surface area (Å²) in [4.78, 5) is 13.0. The zero-order chi connectivity index (χ0) is 21.2. The van der Waals surface area contributed by atoms with Crippen LogP contribution in [0.4, 0.5) is 0 Å². The van der Waals surface area contributed by atoms with Crippen molar-refractivity contribution in [3.63, 3.8) is 0 Å². The van der Waals surface area contributed by atoms with E-state index < -0.39 is 10.0 Å². The fourth-order valence-electron chi connectivity index (χ4n) is 3.86. The van der Waals surface area contributed by atoms with Gasteiger partial charge in [0, 0.05) is 18.7 Å². The van der Waals surface area contributed by atoms with Crippen LogP contribution in [0.5, 0.6) is 0 Å². The average Bonchev–Trinajstić information content (AvgIpc) is 2.71. The SMILES string of the molecule is Cc1cc(C)c([C@H](C)NC(=O)c2cccc(S(=O)(=O)N3CCCCC3)c2)cc1C. The molecule has 1 fully saturated rings. The summed E-state index contributed by atoms with van der Waals surface area (Å²) in [6, 6.07) is 10.4. The molecule has 1 N–H and O–H groups in total. The van der Waals surface area contributed by atoms with Crippen molar-refractivity contribution in [3.8, 4) is 0 Å². The highest BCUT2D eigenvalue weighted by Gasteiger charge is 2.26. The number of carbonyl (C=O) groups excluding carboxylic acids is 1. The number of rotatable bonds is 5. The molecule has 1 atom stereocenters. The molecule has 29 heavy (non-hydrogen) atoms. The third kappa shape index (κ3) is 4.70. The van der Waals surface area contributed by atoms with Crippen molar-refractivity contribution in [1.29, 1.82) is 0 Å². The summed E-state index contributed by atoms with van der Waals surface area (Å²) < 4.78 is 27.4. The molecule has 5 nitrogen and oxygen atoms in total. The van der Waals surface area contributed by atoms with E-state index in [1.54, 1.807) is 18.2 Å². The van der Waals surface area contributed by atoms with Gasteiger partial charge in [-0.15, -0.1) is 0 Å². The number of piperidine rings is 1. The Labute approximate surface area is 174 Å². The molecule has 0 saturated carbocycles. The zero-order valence-corrected chi connectivity index (χ0v) is 18.5. The van der Waals surface area contributed by atoms with Crippen LogP contribution < -0.4 is 5.32 Å². The lowest BCUT2D eigenvalue weighted by molar-refractivity contribution is 0.0939. The van der Waals surface area contributed by atoms with Crippen LogP contribution in [0, 0.1) is 20.8 Å². The molecular weight excluding hydrogens is 384 g/mol. The van der Waals surface area contributed by atoms with E-state index >= 15 is 0 Å². The fourth-order valence-corrected chi connectivity index (χ4v) is 5.42. The van der Waals surface area contributed by atoms with Gasteiger partial charge in [0.25, 0.3) is 5.91 Å². The van der Waals surface area contributed by atoms with Crippen molar-refractivity contribution in [2.75, 3.05) is 13.1 Å². The molecule has 156 valence electrons. The predicted octanol–water partition coefficient (Wildman–Crippen LogP) is 4.28. The standard InChI is InChI=1S/C23H30N2O3S/c1-16-13-18(3)22(14-17(16)2)19(4)24-23(26)20-9-8-10-21(15-20)29(27,28)25-11-6-5-7-12-25/h8-10,13-15,19H,5-7,11-12H2,1-4H3,(H,24,26)/t19-/m0/s1. The number of hydrogen-bond donors (Lipinski definition) is 1. The highest BCUT2D eigenvalue weighted by molar-refractivity contribution is 7.89. The van der Waals surface area contributed by atoms with Crippen LogP contribution in [0.2, 0.25) is 0 Å². The molecule has 0 radical (unpaired) electrons. The van der Waals surface area contributed by atoms with E-state index in [4.69, 9.17) is 0 Å². The number of benzene rings is 2. The number of amides is 1. The Kier molecular flexibility index (Phi) is 6.44. The number of hydrogen-bond acceptors (Lipinski definition) is 3. The van der Waals surface area contributed by atoms with E-state index in [1.807, 2.05) is 13.8 Å². The third-order valence-electron chi connectivity index (χ3n) is 5.75. The first kappa shape index (κ1) is 21.5. The van der Waals surface area contributed by atoms with Crippen molar-refractivity contribution < 1.29 is 13.2 Å². The molecule has 1 amide bonds. The smallest absolute Gasteiger partial charge is 0.251 e. The third-order valence-corrected chi connectivity index (χ3v) is 7.64. The van der Waals surface area contributed by atoms with E-state index in [9.17, 15) is 13.2 Å². The first-order chi connectivity index (χ1) is 13.7. The normalized spacial score (nSPS) is 16.4. The van der Waals surface area contributed by atoms with Crippen molar-refractivity contribution in [3.05, 3.63) is 64.2 Å². The van der Waals surface area contributed by atoms with E-state index in [1.165, 1.54) is 21.5 Å². The van der Waals surface area contributed by atoms with Gasteiger partial charge in [-0.25, -0.2) is 8.42 Å². The molecular formula is C23H30N2O3S. The highest BCUT2D eigenvalue weighted by atomic mass is 32.2. The van der Waals surface area contributed by atoms with Gasteiger partial charge in [0.15, 0.2) is 0 Å². The molecule has 2 aromatic carbocycles. The molecule has 0 aromatic heterocycles. The monoisotopic (exact) mass is 414 g/mol. The summed E-state index contributed by atoms with van der Waals surface area (Å²) in [6.45, 7) is 9.20. The van der Waals surface area contributed by atoms with Gasteiger partial charge in [-0.1, -0.05) is 24.6 Å². The van der Waals surface area contributed by atoms with E-state index in [-0.39, 0.29) is 16.8 Å². The first-order valence-electron chi connectivity index (χ1n) is 10.2. The van der Waals surface area contributed by atoms with E-state index in [0.29, 0.717) is 18.7 Å². The molecule has 1 heterocycles. The van der Waals surface area contributed by atoms with Gasteiger partial charge in [-0.3, -0.25) is 4.79 Å². The van der Waals surface area contributed by atoms with Gasteiger partial charge in [-0.2, -0.15) is 4.31 Å². The average molecular weight is 415 g/mol. The van der Waals surface area contributed by atoms with Crippen LogP contribution in [-0.4, -0.2) is 31.7 Å². The van der Waals surface area contributed by atoms with Crippen LogP contribution in [0.15, 0.2) is 41.3 Å². The fraction of sp³-hybridized carbons (Fsp3) is 0.435. The zero-order valence-electron chi connectivity index (χ0n) is 17.7. The Hall–Kier alpha value is -2.18. The van der Waals surface area contributed by atoms with Crippen LogP contribution in [-0.2, 0) is 10.0 Å². The first-order valence-corrected chi connectivity index (χ1v) is 11.6. The van der Waals surface area contributed by atoms with Crippen LogP contribution in [0.25, 0.3) is 0 Å². The molecule has 1 aliphatic heterocycles. The van der Waals surface area contributed by atoms with E-state index in [0.717, 1.165) is 30.4 Å². The lowest BCUT2D eigenvalue weighted by Gasteiger charge is -2.26. The van der Waals surface area contributed by atoms with E-state index in [2.05, 4.69) is 31.3 Å². The second-order valence-corrected chi connectivity index (χ2v) is 9.92. The molecule has 0 spiro atoms. The van der Waals surface area contributed by atoms with Gasteiger partial charge in [0.05, 0.1) is 10.9 Å². The minimum absolute atomic E-state index is 0.177. The number of sulfonamides is 1. The van der Waals surface area contributed by atoms with Crippen molar-refractivity contribution in [2.45, 2.75) is 57.9 Å². The second-order valence-electron chi connectivity index (χ2n) is 7.98. The number of carbonyl (C=O) groups is 1. The number of nitrogens with one attached hydrogen (secondary N) is 1. The van der Waals surface area contributed by atoms with Crippen molar-refractivity contribution >= 4 is 15.9 Å². The van der Waals surface area contributed by atoms with Crippen molar-refractivity contribution in [2.24, 2.45) is 0 Å². The second kappa shape index (κ2) is 8.67. The van der Waals surface area contributed by atoms with Crippen LogP contribution in [0.1, 0.15) is 64.8 Å². The quantitative estimate of drug-likeness (QED) is 0.794. The molecule has 0 unspecified atom stereocenters. The Bertz CT molecular complexity index is 1010. The van der Waals surface area contributed by atoms with Gasteiger partial charge in [-0.05, 0) is 81.0 Å². The Morgan fingerprint density at radius 2 is 1.62 bits per heavy atom. The van der Waals surface area contributed by atoms with Gasteiger partial charge in [0.1, 0.15) is 0 Å². The summed E-state index contributed by atoms with van der Waals surface area (Å²) in [5.41, 5.74) is 4.96. The number of aryl methyl sites for hydroxylation is 3. The van der Waals surface area contributed by atoms with Gasteiger partial charge < -0.3 is 5.32 Å². The Morgan fingerprint density at radius 1 is 0.966 bits per heavy atom.